The minimum Gasteiger partial charge on any atom is -0.0988 e. The fourth-order valence-corrected chi connectivity index (χ4v) is 1.42. The largest absolute Gasteiger partial charge is 0.0988 e. The fraction of sp³-hybridized carbons (Fsp3) is 0.500. The topological polar surface area (TPSA) is 0 Å². The van der Waals surface area contributed by atoms with Gasteiger partial charge in [-0.25, -0.2) is 0 Å². The van der Waals surface area contributed by atoms with Gasteiger partial charge in [0.25, 0.3) is 0 Å². The van der Waals surface area contributed by atoms with Crippen LogP contribution >= 0.6 is 0 Å². The zero-order valence-electron chi connectivity index (χ0n) is 8.40. The van der Waals surface area contributed by atoms with Crippen LogP contribution in [0.1, 0.15) is 39.5 Å². The maximum atomic E-state index is 3.78. The Balaban J connectivity index is 0.000000561. The van der Waals surface area contributed by atoms with Crippen molar-refractivity contribution in [3.8, 4) is 0 Å². The van der Waals surface area contributed by atoms with E-state index in [-0.39, 0.29) is 0 Å². The van der Waals surface area contributed by atoms with Crippen LogP contribution in [0.25, 0.3) is 0 Å². The Morgan fingerprint density at radius 3 is 1.50 bits per heavy atom. The molecule has 68 valence electrons. The molecule has 0 N–H and O–H groups in total. The van der Waals surface area contributed by atoms with E-state index in [2.05, 4.69) is 13.2 Å². The van der Waals surface area contributed by atoms with Crippen LogP contribution in [0, 0.1) is 0 Å². The number of rotatable bonds is 2. The van der Waals surface area contributed by atoms with Crippen molar-refractivity contribution in [2.24, 2.45) is 0 Å². The maximum Gasteiger partial charge on any atom is -0.0276 e. The van der Waals surface area contributed by atoms with Crippen LogP contribution in [0.4, 0.5) is 0 Å². The highest BCUT2D eigenvalue weighted by molar-refractivity contribution is 5.32. The summed E-state index contributed by atoms with van der Waals surface area (Å²) in [5, 5.41) is 0. The normalized spacial score (nSPS) is 16.2. The average Bonchev–Trinajstić information content (AvgIpc) is 2.20. The molecule has 0 aromatic carbocycles. The zero-order valence-corrected chi connectivity index (χ0v) is 8.40. The van der Waals surface area contributed by atoms with E-state index in [0.717, 1.165) is 0 Å². The van der Waals surface area contributed by atoms with E-state index in [1.165, 1.54) is 36.8 Å². The lowest BCUT2D eigenvalue weighted by atomic mass is 9.92. The van der Waals surface area contributed by atoms with Gasteiger partial charge in [0.15, 0.2) is 0 Å². The van der Waals surface area contributed by atoms with Crippen molar-refractivity contribution in [2.75, 3.05) is 0 Å². The number of hydrogen-bond acceptors (Lipinski definition) is 0. The molecule has 0 unspecified atom stereocenters. The van der Waals surface area contributed by atoms with E-state index in [0.29, 0.717) is 0 Å². The van der Waals surface area contributed by atoms with Gasteiger partial charge in [0, 0.05) is 0 Å². The molecule has 0 aliphatic heterocycles. The Morgan fingerprint density at radius 2 is 1.25 bits per heavy atom. The molecule has 0 aromatic rings. The van der Waals surface area contributed by atoms with Crippen LogP contribution in [0.5, 0.6) is 0 Å². The molecule has 0 spiro atoms. The summed E-state index contributed by atoms with van der Waals surface area (Å²) in [6.07, 6.45) is 8.97. The molecule has 12 heavy (non-hydrogen) atoms. The molecular weight excluding hydrogens is 144 g/mol. The molecule has 1 aliphatic carbocycles. The molecule has 0 nitrogen and oxygen atoms in total. The monoisotopic (exact) mass is 164 g/mol. The third-order valence-corrected chi connectivity index (χ3v) is 2.05. The minimum atomic E-state index is 1.20. The van der Waals surface area contributed by atoms with Gasteiger partial charge in [-0.05, 0) is 36.8 Å². The first-order valence-corrected chi connectivity index (χ1v) is 4.85. The van der Waals surface area contributed by atoms with Crippen LogP contribution in [0.3, 0.4) is 0 Å². The quantitative estimate of drug-likeness (QED) is 0.572. The maximum absolute atomic E-state index is 3.78. The molecule has 1 rings (SSSR count). The van der Waals surface area contributed by atoms with Gasteiger partial charge in [0.2, 0.25) is 0 Å². The van der Waals surface area contributed by atoms with Gasteiger partial charge in [0.05, 0.1) is 0 Å². The highest BCUT2D eigenvalue weighted by atomic mass is 14.1. The summed E-state index contributed by atoms with van der Waals surface area (Å²) >= 11 is 0. The SMILES string of the molecule is C=CC1=C(C=C)CCCC1.CC. The van der Waals surface area contributed by atoms with E-state index < -0.39 is 0 Å². The van der Waals surface area contributed by atoms with Crippen molar-refractivity contribution in [1.29, 1.82) is 0 Å². The number of allylic oxidation sites excluding steroid dienone is 4. The summed E-state index contributed by atoms with van der Waals surface area (Å²) in [5.41, 5.74) is 2.81. The van der Waals surface area contributed by atoms with Gasteiger partial charge in [-0.3, -0.25) is 0 Å². The fourth-order valence-electron chi connectivity index (χ4n) is 1.42. The average molecular weight is 164 g/mol. The molecule has 0 heterocycles. The van der Waals surface area contributed by atoms with Crippen LogP contribution in [-0.4, -0.2) is 0 Å². The van der Waals surface area contributed by atoms with Gasteiger partial charge >= 0.3 is 0 Å². The first kappa shape index (κ1) is 11.2. The summed E-state index contributed by atoms with van der Waals surface area (Å²) in [6.45, 7) is 11.6. The summed E-state index contributed by atoms with van der Waals surface area (Å²) in [4.78, 5) is 0. The molecule has 0 radical (unpaired) electrons. The summed E-state index contributed by atoms with van der Waals surface area (Å²) in [6, 6.07) is 0. The molecule has 0 amide bonds. The van der Waals surface area contributed by atoms with E-state index in [1.54, 1.807) is 0 Å². The first-order valence-electron chi connectivity index (χ1n) is 4.85. The van der Waals surface area contributed by atoms with Crippen molar-refractivity contribution < 1.29 is 0 Å². The summed E-state index contributed by atoms with van der Waals surface area (Å²) in [7, 11) is 0. The zero-order chi connectivity index (χ0) is 9.40. The smallest absolute Gasteiger partial charge is 0.0276 e. The second kappa shape index (κ2) is 6.90. The Morgan fingerprint density at radius 1 is 0.917 bits per heavy atom. The van der Waals surface area contributed by atoms with Crippen molar-refractivity contribution in [2.45, 2.75) is 39.5 Å². The van der Waals surface area contributed by atoms with E-state index in [9.17, 15) is 0 Å². The first-order chi connectivity index (χ1) is 5.88. The standard InChI is InChI=1S/C10H14.C2H6/c1-3-9-7-5-6-8-10(9)4-2;1-2/h3-4H,1-2,5-8H2;1-2H3. The van der Waals surface area contributed by atoms with Crippen LogP contribution in [0.2, 0.25) is 0 Å². The predicted molar refractivity (Wildman–Crippen MR) is 57.2 cm³/mol. The molecular formula is C12H20. The minimum absolute atomic E-state index is 1.20. The second-order valence-corrected chi connectivity index (χ2v) is 2.67. The Kier molecular flexibility index (Phi) is 6.45. The highest BCUT2D eigenvalue weighted by Crippen LogP contribution is 2.25. The van der Waals surface area contributed by atoms with Crippen molar-refractivity contribution >= 4 is 0 Å². The van der Waals surface area contributed by atoms with Gasteiger partial charge in [-0.2, -0.15) is 0 Å². The van der Waals surface area contributed by atoms with Crippen LogP contribution in [-0.2, 0) is 0 Å². The lowest BCUT2D eigenvalue weighted by Crippen LogP contribution is -1.94. The molecule has 0 atom stereocenters. The lowest BCUT2D eigenvalue weighted by molar-refractivity contribution is 0.694. The van der Waals surface area contributed by atoms with Crippen LogP contribution < -0.4 is 0 Å². The molecule has 1 aliphatic rings. The molecule has 0 saturated carbocycles. The number of hydrogen-bond donors (Lipinski definition) is 0. The lowest BCUT2D eigenvalue weighted by Gasteiger charge is -2.14. The van der Waals surface area contributed by atoms with Gasteiger partial charge in [-0.1, -0.05) is 39.2 Å². The highest BCUT2D eigenvalue weighted by Gasteiger charge is 2.05. The molecule has 0 fully saturated rings. The van der Waals surface area contributed by atoms with E-state index in [4.69, 9.17) is 0 Å². The van der Waals surface area contributed by atoms with Crippen LogP contribution in [0.15, 0.2) is 36.5 Å². The molecule has 0 saturated heterocycles. The van der Waals surface area contributed by atoms with E-state index >= 15 is 0 Å². The third-order valence-electron chi connectivity index (χ3n) is 2.05. The van der Waals surface area contributed by atoms with Crippen molar-refractivity contribution in [3.63, 3.8) is 0 Å². The van der Waals surface area contributed by atoms with Gasteiger partial charge in [-0.15, -0.1) is 0 Å². The third kappa shape index (κ3) is 3.08. The Hall–Kier alpha value is -0.780. The summed E-state index contributed by atoms with van der Waals surface area (Å²) < 4.78 is 0. The predicted octanol–water partition coefficient (Wildman–Crippen LogP) is 4.26. The molecule has 0 heteroatoms. The molecule has 0 bridgehead atoms. The Labute approximate surface area is 76.7 Å². The van der Waals surface area contributed by atoms with Gasteiger partial charge in [0.1, 0.15) is 0 Å². The van der Waals surface area contributed by atoms with E-state index in [1.807, 2.05) is 26.0 Å². The van der Waals surface area contributed by atoms with Crippen molar-refractivity contribution in [1.82, 2.24) is 0 Å². The second-order valence-electron chi connectivity index (χ2n) is 2.67. The van der Waals surface area contributed by atoms with Crippen molar-refractivity contribution in [3.05, 3.63) is 36.5 Å². The van der Waals surface area contributed by atoms with Gasteiger partial charge < -0.3 is 0 Å². The molecule has 0 aromatic heterocycles. The Bertz CT molecular complexity index is 152. The summed E-state index contributed by atoms with van der Waals surface area (Å²) in [5.74, 6) is 0.